The predicted molar refractivity (Wildman–Crippen MR) is 22.2 cm³/mol. The maximum Gasteiger partial charge on any atom is 0 e. The molecule has 0 bridgehead atoms. The van der Waals surface area contributed by atoms with Crippen LogP contribution in [0.15, 0.2) is 6.20 Å². The fraction of sp³-hybridized carbons (Fsp3) is 0.250. The molecule has 1 N–H and O–H groups in total. The molecule has 1 heterocycles. The Hall–Kier alpha value is -0.102. The van der Waals surface area contributed by atoms with Crippen LogP contribution >= 0.6 is 0 Å². The van der Waals surface area contributed by atoms with E-state index in [0.717, 1.165) is 5.82 Å². The molecule has 0 spiro atoms. The number of rotatable bonds is 0. The molecule has 0 unspecified atom stereocenters. The van der Waals surface area contributed by atoms with Crippen LogP contribution in [0.3, 0.4) is 0 Å². The van der Waals surface area contributed by atoms with Gasteiger partial charge in [0.25, 0.3) is 0 Å². The number of hydrogen-bond acceptors (Lipinski definition) is 1. The largest absolute Gasteiger partial charge is 0.442 e. The number of nitrogens with one attached hydrogen (secondary N) is 1. The summed E-state index contributed by atoms with van der Waals surface area (Å²) in [6.45, 7) is 1.89. The SMILES string of the molecule is Cc1n[c-]c[nH]1.[W]. The Kier molecular flexibility index (Phi) is 2.93. The van der Waals surface area contributed by atoms with E-state index in [2.05, 4.69) is 16.2 Å². The Bertz CT molecular complexity index is 113. The zero-order valence-corrected chi connectivity index (χ0v) is 6.87. The van der Waals surface area contributed by atoms with Gasteiger partial charge in [-0.1, -0.05) is 18.9 Å². The Morgan fingerprint density at radius 2 is 2.57 bits per heavy atom. The van der Waals surface area contributed by atoms with E-state index >= 15 is 0 Å². The van der Waals surface area contributed by atoms with Crippen LogP contribution in [0.2, 0.25) is 0 Å². The summed E-state index contributed by atoms with van der Waals surface area (Å²) in [7, 11) is 0. The van der Waals surface area contributed by atoms with Gasteiger partial charge in [0.15, 0.2) is 0 Å². The van der Waals surface area contributed by atoms with Crippen molar-refractivity contribution in [3.63, 3.8) is 0 Å². The van der Waals surface area contributed by atoms with Gasteiger partial charge in [0.2, 0.25) is 0 Å². The van der Waals surface area contributed by atoms with Gasteiger partial charge in [0, 0.05) is 21.1 Å². The molecule has 0 aliphatic rings. The van der Waals surface area contributed by atoms with E-state index < -0.39 is 0 Å². The van der Waals surface area contributed by atoms with E-state index in [9.17, 15) is 0 Å². The molecular weight excluding hydrogens is 260 g/mol. The van der Waals surface area contributed by atoms with Crippen molar-refractivity contribution in [2.45, 2.75) is 6.92 Å². The van der Waals surface area contributed by atoms with Crippen LogP contribution in [0, 0.1) is 13.1 Å². The number of H-pyrrole nitrogens is 1. The van der Waals surface area contributed by atoms with E-state index in [1.807, 2.05) is 6.92 Å². The van der Waals surface area contributed by atoms with Crippen LogP contribution in [-0.4, -0.2) is 9.97 Å². The van der Waals surface area contributed by atoms with Gasteiger partial charge < -0.3 is 9.97 Å². The topological polar surface area (TPSA) is 28.7 Å². The van der Waals surface area contributed by atoms with Crippen molar-refractivity contribution >= 4 is 0 Å². The third-order valence-electron chi connectivity index (χ3n) is 0.578. The third-order valence-corrected chi connectivity index (χ3v) is 0.578. The van der Waals surface area contributed by atoms with Gasteiger partial charge in [-0.15, -0.1) is 6.20 Å². The summed E-state index contributed by atoms with van der Waals surface area (Å²) in [5.74, 6) is 0.912. The van der Waals surface area contributed by atoms with Crippen LogP contribution in [0.5, 0.6) is 0 Å². The van der Waals surface area contributed by atoms with E-state index in [4.69, 9.17) is 0 Å². The second kappa shape index (κ2) is 2.97. The van der Waals surface area contributed by atoms with Crippen molar-refractivity contribution < 1.29 is 21.1 Å². The third kappa shape index (κ3) is 1.88. The molecule has 2 nitrogen and oxygen atoms in total. The summed E-state index contributed by atoms with van der Waals surface area (Å²) >= 11 is 0. The summed E-state index contributed by atoms with van der Waals surface area (Å²) < 4.78 is 0. The van der Waals surface area contributed by atoms with Gasteiger partial charge in [0.1, 0.15) is 0 Å². The first-order valence-corrected chi connectivity index (χ1v) is 1.77. The molecule has 0 aliphatic heterocycles. The zero-order chi connectivity index (χ0) is 4.41. The van der Waals surface area contributed by atoms with Gasteiger partial charge in [-0.05, 0) is 0 Å². The van der Waals surface area contributed by atoms with E-state index in [1.165, 1.54) is 0 Å². The molecule has 1 aromatic heterocycles. The standard InChI is InChI=1S/C4H5N2.W/c1-4-5-2-3-6-4;/h2H,1H3,(H,5,6);/q-1;. The van der Waals surface area contributed by atoms with Gasteiger partial charge in [-0.3, -0.25) is 0 Å². The first kappa shape index (κ1) is 6.90. The van der Waals surface area contributed by atoms with Crippen molar-refractivity contribution in [3.05, 3.63) is 18.2 Å². The van der Waals surface area contributed by atoms with Crippen molar-refractivity contribution in [1.82, 2.24) is 9.97 Å². The minimum atomic E-state index is 0. The molecule has 0 aromatic carbocycles. The molecule has 0 saturated heterocycles. The maximum absolute atomic E-state index is 3.74. The second-order valence-corrected chi connectivity index (χ2v) is 1.11. The molecule has 0 amide bonds. The molecular formula is C4H5N2W-. The van der Waals surface area contributed by atoms with Crippen LogP contribution in [0.4, 0.5) is 0 Å². The number of aryl methyl sites for hydroxylation is 1. The minimum absolute atomic E-state index is 0. The Morgan fingerprint density at radius 3 is 2.71 bits per heavy atom. The molecule has 1 rings (SSSR count). The fourth-order valence-electron chi connectivity index (χ4n) is 0.298. The number of hydrogen-bond donors (Lipinski definition) is 1. The van der Waals surface area contributed by atoms with Gasteiger partial charge >= 0.3 is 0 Å². The number of aromatic nitrogens is 2. The van der Waals surface area contributed by atoms with Crippen LogP contribution < -0.4 is 0 Å². The Labute approximate surface area is 56.6 Å². The molecule has 0 aliphatic carbocycles. The molecule has 3 heteroatoms. The molecule has 1 aromatic rings. The fourth-order valence-corrected chi connectivity index (χ4v) is 0.298. The average Bonchev–Trinajstić information content (AvgIpc) is 1.86. The normalized spacial score (nSPS) is 7.57. The first-order chi connectivity index (χ1) is 2.89. The number of aromatic amines is 1. The van der Waals surface area contributed by atoms with Gasteiger partial charge in [0.05, 0.1) is 0 Å². The molecule has 38 valence electrons. The smallest absolute Gasteiger partial charge is 0 e. The number of imidazole rings is 1. The summed E-state index contributed by atoms with van der Waals surface area (Å²) in [6.07, 6.45) is 4.30. The van der Waals surface area contributed by atoms with Crippen LogP contribution in [0.1, 0.15) is 5.82 Å². The summed E-state index contributed by atoms with van der Waals surface area (Å²) in [4.78, 5) is 6.57. The molecule has 7 heavy (non-hydrogen) atoms. The van der Waals surface area contributed by atoms with Gasteiger partial charge in [-0.2, -0.15) is 0 Å². The summed E-state index contributed by atoms with van der Waals surface area (Å²) in [5.41, 5.74) is 0. The van der Waals surface area contributed by atoms with Gasteiger partial charge in [-0.25, -0.2) is 0 Å². The first-order valence-electron chi connectivity index (χ1n) is 1.77. The van der Waals surface area contributed by atoms with Crippen molar-refractivity contribution in [1.29, 1.82) is 0 Å². The van der Waals surface area contributed by atoms with E-state index in [0.29, 0.717) is 0 Å². The molecule has 0 fully saturated rings. The summed E-state index contributed by atoms with van der Waals surface area (Å²) in [6, 6.07) is 0. The predicted octanol–water partition coefficient (Wildman–Crippen LogP) is 0.516. The van der Waals surface area contributed by atoms with Crippen LogP contribution in [-0.2, 0) is 21.1 Å². The van der Waals surface area contributed by atoms with Crippen molar-refractivity contribution in [2.24, 2.45) is 0 Å². The molecule has 0 atom stereocenters. The average molecular weight is 265 g/mol. The van der Waals surface area contributed by atoms with Crippen molar-refractivity contribution in [2.75, 3.05) is 0 Å². The van der Waals surface area contributed by atoms with Crippen LogP contribution in [0.25, 0.3) is 0 Å². The van der Waals surface area contributed by atoms with Crippen molar-refractivity contribution in [3.8, 4) is 0 Å². The number of nitrogens with zero attached hydrogens (tertiary/aromatic N) is 1. The Morgan fingerprint density at radius 1 is 1.86 bits per heavy atom. The Balaban J connectivity index is 0.000000360. The quantitative estimate of drug-likeness (QED) is 0.680. The van der Waals surface area contributed by atoms with E-state index in [1.54, 1.807) is 6.20 Å². The second-order valence-electron chi connectivity index (χ2n) is 1.11. The minimum Gasteiger partial charge on any atom is -0.442 e. The molecule has 0 saturated carbocycles. The monoisotopic (exact) mass is 265 g/mol. The maximum atomic E-state index is 3.74. The van der Waals surface area contributed by atoms with E-state index in [-0.39, 0.29) is 21.1 Å². The zero-order valence-electron chi connectivity index (χ0n) is 3.93. The molecule has 0 radical (unpaired) electrons. The summed E-state index contributed by atoms with van der Waals surface area (Å²) in [5, 5.41) is 0.